The van der Waals surface area contributed by atoms with E-state index in [1.54, 1.807) is 12.1 Å². The number of benzene rings is 2. The van der Waals surface area contributed by atoms with Gasteiger partial charge in [-0.1, -0.05) is 43.7 Å². The molecule has 1 fully saturated rings. The van der Waals surface area contributed by atoms with Crippen molar-refractivity contribution in [3.05, 3.63) is 65.9 Å². The van der Waals surface area contributed by atoms with Crippen LogP contribution in [0.3, 0.4) is 0 Å². The minimum Gasteiger partial charge on any atom is -0.495 e. The lowest BCUT2D eigenvalue weighted by Gasteiger charge is -2.24. The molecular weight excluding hydrogens is 442 g/mol. The van der Waals surface area contributed by atoms with Crippen LogP contribution < -0.4 is 19.9 Å². The molecule has 0 spiro atoms. The maximum Gasteiger partial charge on any atom is 0.412 e. The summed E-state index contributed by atoms with van der Waals surface area (Å²) < 4.78 is 5.50. The molecule has 1 aliphatic heterocycles. The molecule has 4 rings (SSSR count). The first-order chi connectivity index (χ1) is 17.0. The molecule has 1 aromatic heterocycles. The molecule has 1 amide bonds. The lowest BCUT2D eigenvalue weighted by atomic mass is 10.2. The van der Waals surface area contributed by atoms with Gasteiger partial charge in [0.2, 0.25) is 5.95 Å². The Morgan fingerprint density at radius 2 is 2.00 bits per heavy atom. The second kappa shape index (κ2) is 11.1. The summed E-state index contributed by atoms with van der Waals surface area (Å²) >= 11 is 0. The average molecular weight is 476 g/mol. The third-order valence-electron chi connectivity index (χ3n) is 6.26. The summed E-state index contributed by atoms with van der Waals surface area (Å²) in [7, 11) is 1.54. The number of methoxy groups -OCH3 is 1. The zero-order chi connectivity index (χ0) is 24.8. The molecule has 3 aromatic rings. The normalized spacial score (nSPS) is 15.2. The zero-order valence-corrected chi connectivity index (χ0v) is 20.6. The first-order valence-corrected chi connectivity index (χ1v) is 12.1. The molecule has 2 heterocycles. The summed E-state index contributed by atoms with van der Waals surface area (Å²) in [6.07, 6.45) is 3.11. The van der Waals surface area contributed by atoms with Crippen LogP contribution >= 0.6 is 0 Å². The van der Waals surface area contributed by atoms with E-state index in [9.17, 15) is 9.90 Å². The molecule has 0 aliphatic carbocycles. The fraction of sp³-hybridized carbons (Fsp3) is 0.370. The molecule has 1 saturated heterocycles. The van der Waals surface area contributed by atoms with Crippen molar-refractivity contribution in [2.75, 3.05) is 28.8 Å². The van der Waals surface area contributed by atoms with Crippen LogP contribution in [0.15, 0.2) is 54.6 Å². The minimum absolute atomic E-state index is 0.204. The molecule has 2 N–H and O–H groups in total. The number of aromatic nitrogens is 2. The maximum absolute atomic E-state index is 12.2. The van der Waals surface area contributed by atoms with E-state index in [1.165, 1.54) is 12.0 Å². The number of amides is 1. The number of anilines is 4. The van der Waals surface area contributed by atoms with Gasteiger partial charge in [-0.3, -0.25) is 4.90 Å². The molecule has 184 valence electrons. The fourth-order valence-electron chi connectivity index (χ4n) is 4.47. The van der Waals surface area contributed by atoms with Gasteiger partial charge in [0.15, 0.2) is 0 Å². The zero-order valence-electron chi connectivity index (χ0n) is 20.6. The molecule has 35 heavy (non-hydrogen) atoms. The number of nitrogens with zero attached hydrogens (tertiary/aromatic N) is 4. The van der Waals surface area contributed by atoms with Crippen molar-refractivity contribution in [2.45, 2.75) is 52.1 Å². The second-order valence-electron chi connectivity index (χ2n) is 8.84. The van der Waals surface area contributed by atoms with Gasteiger partial charge in [-0.2, -0.15) is 4.98 Å². The van der Waals surface area contributed by atoms with Crippen LogP contribution in [-0.2, 0) is 13.0 Å². The summed E-state index contributed by atoms with van der Waals surface area (Å²) in [5, 5.41) is 13.3. The second-order valence-corrected chi connectivity index (χ2v) is 8.84. The maximum atomic E-state index is 12.2. The predicted octanol–water partition coefficient (Wildman–Crippen LogP) is 5.85. The van der Waals surface area contributed by atoms with E-state index in [0.29, 0.717) is 29.1 Å². The van der Waals surface area contributed by atoms with E-state index in [4.69, 9.17) is 14.7 Å². The van der Waals surface area contributed by atoms with Crippen LogP contribution in [0, 0.1) is 0 Å². The van der Waals surface area contributed by atoms with Gasteiger partial charge in [0, 0.05) is 30.0 Å². The van der Waals surface area contributed by atoms with Crippen molar-refractivity contribution < 1.29 is 14.6 Å². The minimum atomic E-state index is -1.06. The van der Waals surface area contributed by atoms with Crippen molar-refractivity contribution in [1.29, 1.82) is 0 Å². The number of hydrogen-bond donors (Lipinski definition) is 2. The van der Waals surface area contributed by atoms with E-state index < -0.39 is 6.09 Å². The first kappa shape index (κ1) is 24.3. The Kier molecular flexibility index (Phi) is 7.70. The number of hydrogen-bond acceptors (Lipinski definition) is 6. The van der Waals surface area contributed by atoms with Gasteiger partial charge in [-0.25, -0.2) is 9.78 Å². The standard InChI is InChI=1S/C27H33N5O3/c1-4-9-21-17-25(31-15-8-10-19(31)2)30-26(28-21)29-22-13-14-24(35-3)23(16-22)32(27(33)34)18-20-11-6-5-7-12-20/h5-7,11-14,16-17,19H,4,8-10,15,18H2,1-3H3,(H,33,34)(H,28,29,30)/t19-/m1/s1. The summed E-state index contributed by atoms with van der Waals surface area (Å²) in [5.41, 5.74) is 3.01. The Balaban J connectivity index is 1.66. The molecular formula is C27H33N5O3. The first-order valence-electron chi connectivity index (χ1n) is 12.1. The Morgan fingerprint density at radius 3 is 2.66 bits per heavy atom. The van der Waals surface area contributed by atoms with Gasteiger partial charge in [0.25, 0.3) is 0 Å². The van der Waals surface area contributed by atoms with Crippen LogP contribution in [-0.4, -0.2) is 40.9 Å². The largest absolute Gasteiger partial charge is 0.495 e. The Labute approximate surface area is 206 Å². The molecule has 1 aliphatic rings. The van der Waals surface area contributed by atoms with Gasteiger partial charge in [-0.15, -0.1) is 0 Å². The number of nitrogens with one attached hydrogen (secondary N) is 1. The number of rotatable bonds is 9. The molecule has 0 unspecified atom stereocenters. The van der Waals surface area contributed by atoms with Crippen LogP contribution in [0.2, 0.25) is 0 Å². The third kappa shape index (κ3) is 5.82. The highest BCUT2D eigenvalue weighted by Gasteiger charge is 2.23. The summed E-state index contributed by atoms with van der Waals surface area (Å²) in [6, 6.07) is 17.4. The SMILES string of the molecule is CCCc1cc(N2CCC[C@H]2C)nc(Nc2ccc(OC)c(N(Cc3ccccc3)C(=O)O)c2)n1. The van der Waals surface area contributed by atoms with E-state index in [1.807, 2.05) is 36.4 Å². The highest BCUT2D eigenvalue weighted by Crippen LogP contribution is 2.34. The van der Waals surface area contributed by atoms with Crippen LogP contribution in [0.4, 0.5) is 27.9 Å². The Hall–Kier alpha value is -3.81. The number of aryl methyl sites for hydroxylation is 1. The third-order valence-corrected chi connectivity index (χ3v) is 6.26. The fourth-order valence-corrected chi connectivity index (χ4v) is 4.47. The van der Waals surface area contributed by atoms with Gasteiger partial charge in [-0.05, 0) is 49.9 Å². The predicted molar refractivity (Wildman–Crippen MR) is 139 cm³/mol. The monoisotopic (exact) mass is 475 g/mol. The van der Waals surface area contributed by atoms with Crippen molar-refractivity contribution in [1.82, 2.24) is 9.97 Å². The summed E-state index contributed by atoms with van der Waals surface area (Å²) in [6.45, 7) is 5.55. The van der Waals surface area contributed by atoms with E-state index in [-0.39, 0.29) is 6.54 Å². The van der Waals surface area contributed by atoms with Gasteiger partial charge in [0.05, 0.1) is 19.3 Å². The van der Waals surface area contributed by atoms with Crippen LogP contribution in [0.25, 0.3) is 0 Å². The highest BCUT2D eigenvalue weighted by molar-refractivity contribution is 5.89. The molecule has 0 radical (unpaired) electrons. The quantitative estimate of drug-likeness (QED) is 0.401. The van der Waals surface area contributed by atoms with Crippen molar-refractivity contribution in [3.8, 4) is 5.75 Å². The topological polar surface area (TPSA) is 90.8 Å². The molecule has 0 saturated carbocycles. The van der Waals surface area contributed by atoms with Gasteiger partial charge in [0.1, 0.15) is 11.6 Å². The van der Waals surface area contributed by atoms with Crippen LogP contribution in [0.5, 0.6) is 5.75 Å². The Bertz CT molecular complexity index is 1150. The Morgan fingerprint density at radius 1 is 1.20 bits per heavy atom. The molecule has 2 aromatic carbocycles. The average Bonchev–Trinajstić information content (AvgIpc) is 3.29. The molecule has 8 heteroatoms. The van der Waals surface area contributed by atoms with E-state index in [0.717, 1.165) is 49.3 Å². The number of ether oxygens (including phenoxy) is 1. The number of carbonyl (C=O) groups is 1. The molecule has 1 atom stereocenters. The van der Waals surface area contributed by atoms with Gasteiger partial charge >= 0.3 is 6.09 Å². The van der Waals surface area contributed by atoms with Crippen molar-refractivity contribution in [3.63, 3.8) is 0 Å². The summed E-state index contributed by atoms with van der Waals surface area (Å²) in [4.78, 5) is 25.3. The van der Waals surface area contributed by atoms with E-state index >= 15 is 0 Å². The highest BCUT2D eigenvalue weighted by atomic mass is 16.5. The van der Waals surface area contributed by atoms with E-state index in [2.05, 4.69) is 30.1 Å². The molecule has 8 nitrogen and oxygen atoms in total. The van der Waals surface area contributed by atoms with Crippen LogP contribution in [0.1, 0.15) is 44.4 Å². The van der Waals surface area contributed by atoms with Crippen molar-refractivity contribution in [2.24, 2.45) is 0 Å². The number of carboxylic acid groups (broad SMARTS) is 1. The smallest absolute Gasteiger partial charge is 0.412 e. The van der Waals surface area contributed by atoms with Gasteiger partial charge < -0.3 is 20.1 Å². The van der Waals surface area contributed by atoms with Crippen molar-refractivity contribution >= 4 is 29.2 Å². The summed E-state index contributed by atoms with van der Waals surface area (Å²) in [5.74, 6) is 1.91. The lowest BCUT2D eigenvalue weighted by molar-refractivity contribution is 0.201. The lowest BCUT2D eigenvalue weighted by Crippen LogP contribution is -2.29. The molecule has 0 bridgehead atoms.